The Morgan fingerprint density at radius 2 is 2.16 bits per heavy atom. The lowest BCUT2D eigenvalue weighted by Gasteiger charge is -2.23. The predicted molar refractivity (Wildman–Crippen MR) is 76.4 cm³/mol. The van der Waals surface area contributed by atoms with E-state index in [2.05, 4.69) is 15.4 Å². The first kappa shape index (κ1) is 14.0. The van der Waals surface area contributed by atoms with E-state index in [0.29, 0.717) is 6.04 Å². The molecule has 1 amide bonds. The van der Waals surface area contributed by atoms with Crippen LogP contribution in [0.1, 0.15) is 12.8 Å². The van der Waals surface area contributed by atoms with Crippen molar-refractivity contribution in [1.29, 1.82) is 0 Å². The van der Waals surface area contributed by atoms with Gasteiger partial charge in [0.2, 0.25) is 0 Å². The van der Waals surface area contributed by atoms with Crippen LogP contribution >= 0.6 is 11.8 Å². The molecule has 1 heterocycles. The maximum atomic E-state index is 13.8. The fourth-order valence-corrected chi connectivity index (χ4v) is 3.05. The Morgan fingerprint density at radius 1 is 1.42 bits per heavy atom. The molecule has 0 atom stereocenters. The second kappa shape index (κ2) is 6.65. The average Bonchev–Trinajstić information content (AvgIpc) is 2.43. The van der Waals surface area contributed by atoms with Gasteiger partial charge in [-0.05, 0) is 42.5 Å². The van der Waals surface area contributed by atoms with Gasteiger partial charge in [0.25, 0.3) is 0 Å². The van der Waals surface area contributed by atoms with E-state index in [0.717, 1.165) is 30.0 Å². The highest BCUT2D eigenvalue weighted by atomic mass is 32.2. The molecular weight excluding hydrogens is 267 g/mol. The molecule has 2 N–H and O–H groups in total. The first-order valence-electron chi connectivity index (χ1n) is 6.18. The molecule has 0 spiro atoms. The molecule has 0 saturated carbocycles. The summed E-state index contributed by atoms with van der Waals surface area (Å²) in [5.74, 6) is 1.81. The molecule has 1 aromatic carbocycles. The van der Waals surface area contributed by atoms with E-state index in [1.165, 1.54) is 19.2 Å². The molecule has 6 heteroatoms. The molecule has 1 aliphatic rings. The third-order valence-corrected chi connectivity index (χ3v) is 4.03. The average molecular weight is 284 g/mol. The number of ether oxygens (including phenoxy) is 1. The minimum atomic E-state index is -0.677. The van der Waals surface area contributed by atoms with Crippen molar-refractivity contribution < 1.29 is 13.9 Å². The molecular formula is C13H17FN2O2S. The molecule has 1 saturated heterocycles. The Bertz CT molecular complexity index is 450. The number of anilines is 2. The molecule has 104 valence electrons. The SMILES string of the molecule is COC(=O)Nc1ccc(NC2CCSCC2)cc1F. The Balaban J connectivity index is 1.99. The maximum Gasteiger partial charge on any atom is 0.411 e. The van der Waals surface area contributed by atoms with Gasteiger partial charge in [-0.1, -0.05) is 0 Å². The van der Waals surface area contributed by atoms with Crippen LogP contribution in [0.25, 0.3) is 0 Å². The first-order valence-corrected chi connectivity index (χ1v) is 7.33. The van der Waals surface area contributed by atoms with Crippen LogP contribution in [0, 0.1) is 5.82 Å². The molecule has 4 nitrogen and oxygen atoms in total. The van der Waals surface area contributed by atoms with Crippen LogP contribution in [0.4, 0.5) is 20.6 Å². The van der Waals surface area contributed by atoms with Gasteiger partial charge in [-0.25, -0.2) is 9.18 Å². The minimum absolute atomic E-state index is 0.122. The largest absolute Gasteiger partial charge is 0.453 e. The van der Waals surface area contributed by atoms with E-state index in [1.54, 1.807) is 6.07 Å². The lowest BCUT2D eigenvalue weighted by atomic mass is 10.1. The summed E-state index contributed by atoms with van der Waals surface area (Å²) >= 11 is 1.95. The third kappa shape index (κ3) is 4.02. The summed E-state index contributed by atoms with van der Waals surface area (Å²) in [7, 11) is 1.24. The number of halogens is 1. The first-order chi connectivity index (χ1) is 9.19. The van der Waals surface area contributed by atoms with Gasteiger partial charge in [0.05, 0.1) is 12.8 Å². The van der Waals surface area contributed by atoms with Gasteiger partial charge in [-0.3, -0.25) is 5.32 Å². The maximum absolute atomic E-state index is 13.8. The van der Waals surface area contributed by atoms with E-state index in [1.807, 2.05) is 11.8 Å². The van der Waals surface area contributed by atoms with Crippen molar-refractivity contribution in [2.24, 2.45) is 0 Å². The number of carbonyl (C=O) groups is 1. The van der Waals surface area contributed by atoms with Crippen molar-refractivity contribution >= 4 is 29.2 Å². The number of carbonyl (C=O) groups excluding carboxylic acids is 1. The normalized spacial score (nSPS) is 15.9. The second-order valence-electron chi connectivity index (χ2n) is 4.34. The van der Waals surface area contributed by atoms with Gasteiger partial charge in [-0.2, -0.15) is 11.8 Å². The van der Waals surface area contributed by atoms with Crippen LogP contribution in [0.5, 0.6) is 0 Å². The predicted octanol–water partition coefficient (Wildman–Crippen LogP) is 3.31. The summed E-state index contributed by atoms with van der Waals surface area (Å²) in [6.07, 6.45) is 1.51. The summed E-state index contributed by atoms with van der Waals surface area (Å²) in [5, 5.41) is 5.64. The summed E-state index contributed by atoms with van der Waals surface area (Å²) < 4.78 is 18.2. The number of methoxy groups -OCH3 is 1. The van der Waals surface area contributed by atoms with Crippen molar-refractivity contribution in [2.75, 3.05) is 29.2 Å². The number of amides is 1. The van der Waals surface area contributed by atoms with Crippen LogP contribution in [0.3, 0.4) is 0 Å². The lowest BCUT2D eigenvalue weighted by molar-refractivity contribution is 0.187. The highest BCUT2D eigenvalue weighted by Crippen LogP contribution is 2.23. The van der Waals surface area contributed by atoms with Crippen LogP contribution in [-0.2, 0) is 4.74 Å². The molecule has 0 bridgehead atoms. The standard InChI is InChI=1S/C13H17FN2O2S/c1-18-13(17)16-12-3-2-10(8-11(12)14)15-9-4-6-19-7-5-9/h2-3,8-9,15H,4-7H2,1H3,(H,16,17). The van der Waals surface area contributed by atoms with Gasteiger partial charge >= 0.3 is 6.09 Å². The summed E-state index contributed by atoms with van der Waals surface area (Å²) in [6, 6.07) is 5.09. The number of hydrogen-bond acceptors (Lipinski definition) is 4. The fraction of sp³-hybridized carbons (Fsp3) is 0.462. The molecule has 0 aromatic heterocycles. The number of nitrogens with one attached hydrogen (secondary N) is 2. The van der Waals surface area contributed by atoms with Crippen LogP contribution in [0.2, 0.25) is 0 Å². The Morgan fingerprint density at radius 3 is 2.79 bits per heavy atom. The second-order valence-corrected chi connectivity index (χ2v) is 5.57. The van der Waals surface area contributed by atoms with Crippen molar-refractivity contribution in [1.82, 2.24) is 0 Å². The molecule has 2 rings (SSSR count). The van der Waals surface area contributed by atoms with Crippen molar-refractivity contribution in [3.8, 4) is 0 Å². The minimum Gasteiger partial charge on any atom is -0.453 e. The van der Waals surface area contributed by atoms with E-state index in [-0.39, 0.29) is 5.69 Å². The van der Waals surface area contributed by atoms with Crippen LogP contribution in [-0.4, -0.2) is 30.8 Å². The molecule has 0 radical (unpaired) electrons. The zero-order valence-corrected chi connectivity index (χ0v) is 11.6. The quantitative estimate of drug-likeness (QED) is 0.894. The van der Waals surface area contributed by atoms with Gasteiger partial charge in [0, 0.05) is 11.7 Å². The molecule has 1 aliphatic heterocycles. The third-order valence-electron chi connectivity index (χ3n) is 2.98. The lowest BCUT2D eigenvalue weighted by Crippen LogP contribution is -2.24. The highest BCUT2D eigenvalue weighted by Gasteiger charge is 2.14. The number of rotatable bonds is 3. The zero-order chi connectivity index (χ0) is 13.7. The van der Waals surface area contributed by atoms with Crippen molar-refractivity contribution in [3.63, 3.8) is 0 Å². The van der Waals surface area contributed by atoms with E-state index >= 15 is 0 Å². The number of thioether (sulfide) groups is 1. The smallest absolute Gasteiger partial charge is 0.411 e. The Labute approximate surface area is 116 Å². The fourth-order valence-electron chi connectivity index (χ4n) is 1.94. The topological polar surface area (TPSA) is 50.4 Å². The Hall–Kier alpha value is -1.43. The molecule has 19 heavy (non-hydrogen) atoms. The summed E-state index contributed by atoms with van der Waals surface area (Å²) in [5.41, 5.74) is 0.862. The molecule has 0 unspecified atom stereocenters. The Kier molecular flexibility index (Phi) is 4.90. The number of hydrogen-bond donors (Lipinski definition) is 2. The van der Waals surface area contributed by atoms with Crippen molar-refractivity contribution in [3.05, 3.63) is 24.0 Å². The van der Waals surface area contributed by atoms with Crippen LogP contribution in [0.15, 0.2) is 18.2 Å². The molecule has 1 aromatic rings. The highest BCUT2D eigenvalue weighted by molar-refractivity contribution is 7.99. The van der Waals surface area contributed by atoms with Gasteiger partial charge in [0.1, 0.15) is 5.82 Å². The zero-order valence-electron chi connectivity index (χ0n) is 10.7. The molecule has 1 fully saturated rings. The summed E-state index contributed by atoms with van der Waals surface area (Å²) in [4.78, 5) is 11.0. The van der Waals surface area contributed by atoms with Gasteiger partial charge < -0.3 is 10.1 Å². The van der Waals surface area contributed by atoms with Gasteiger partial charge in [0.15, 0.2) is 0 Å². The van der Waals surface area contributed by atoms with E-state index < -0.39 is 11.9 Å². The van der Waals surface area contributed by atoms with Crippen molar-refractivity contribution in [2.45, 2.75) is 18.9 Å². The summed E-state index contributed by atoms with van der Waals surface area (Å²) in [6.45, 7) is 0. The van der Waals surface area contributed by atoms with E-state index in [9.17, 15) is 9.18 Å². The monoisotopic (exact) mass is 284 g/mol. The van der Waals surface area contributed by atoms with Gasteiger partial charge in [-0.15, -0.1) is 0 Å². The molecule has 0 aliphatic carbocycles. The number of benzene rings is 1. The van der Waals surface area contributed by atoms with Crippen LogP contribution < -0.4 is 10.6 Å². The van der Waals surface area contributed by atoms with E-state index in [4.69, 9.17) is 0 Å².